The predicted molar refractivity (Wildman–Crippen MR) is 124 cm³/mol. The second kappa shape index (κ2) is 16.7. The van der Waals surface area contributed by atoms with Crippen LogP contribution in [0.3, 0.4) is 0 Å². The van der Waals surface area contributed by atoms with Crippen molar-refractivity contribution in [3.8, 4) is 5.75 Å². The van der Waals surface area contributed by atoms with Crippen molar-refractivity contribution < 1.29 is 14.4 Å². The molecule has 0 atom stereocenters. The summed E-state index contributed by atoms with van der Waals surface area (Å²) in [5, 5.41) is 14.2. The van der Waals surface area contributed by atoms with Gasteiger partial charge in [0.25, 0.3) is 0 Å². The van der Waals surface area contributed by atoms with E-state index >= 15 is 0 Å². The molecule has 1 aromatic heterocycles. The van der Waals surface area contributed by atoms with E-state index < -0.39 is 5.63 Å². The summed E-state index contributed by atoms with van der Waals surface area (Å²) in [6, 6.07) is 1.43. The van der Waals surface area contributed by atoms with Gasteiger partial charge in [0.15, 0.2) is 0 Å². The van der Waals surface area contributed by atoms with Gasteiger partial charge in [0.1, 0.15) is 23.7 Å². The van der Waals surface area contributed by atoms with Crippen LogP contribution < -0.4 is 5.63 Å². The molecule has 30 heavy (non-hydrogen) atoms. The van der Waals surface area contributed by atoms with Crippen LogP contribution >= 0.6 is 0 Å². The highest BCUT2D eigenvalue weighted by atomic mass is 16.6. The third kappa shape index (κ3) is 11.2. The lowest BCUT2D eigenvalue weighted by molar-refractivity contribution is 0.174. The van der Waals surface area contributed by atoms with Crippen LogP contribution in [0.25, 0.3) is 0 Å². The molecule has 0 unspecified atom stereocenters. The first-order valence-electron chi connectivity index (χ1n) is 11.7. The number of rotatable bonds is 18. The minimum absolute atomic E-state index is 0.101. The topological polar surface area (TPSA) is 72.0 Å². The summed E-state index contributed by atoms with van der Waals surface area (Å²) in [5.41, 5.74) is -0.0436. The van der Waals surface area contributed by atoms with E-state index in [1.807, 2.05) is 0 Å². The van der Waals surface area contributed by atoms with Crippen LogP contribution in [0.4, 0.5) is 0 Å². The van der Waals surface area contributed by atoms with Gasteiger partial charge in [-0.15, -0.1) is 0 Å². The zero-order chi connectivity index (χ0) is 22.0. The van der Waals surface area contributed by atoms with Gasteiger partial charge in [0, 0.05) is 6.07 Å². The molecule has 0 aliphatic heterocycles. The standard InChI is InChI=1S/C25H41NO4/c1-4-6-7-8-9-10-11-12-13-14-15-16-17-18-22(26-29-19-5-2)24-23(27)20-21(3)30-25(24)28/h5,20,27H,2,4,6-19H2,1,3H3. The number of hydrogen-bond acceptors (Lipinski definition) is 5. The van der Waals surface area contributed by atoms with Crippen molar-refractivity contribution >= 4 is 5.71 Å². The van der Waals surface area contributed by atoms with E-state index in [9.17, 15) is 9.90 Å². The van der Waals surface area contributed by atoms with E-state index in [0.717, 1.165) is 12.8 Å². The summed E-state index contributed by atoms with van der Waals surface area (Å²) < 4.78 is 5.12. The summed E-state index contributed by atoms with van der Waals surface area (Å²) in [6.07, 6.45) is 18.7. The number of nitrogens with zero attached hydrogens (tertiary/aromatic N) is 1. The molecule has 0 aromatic carbocycles. The highest BCUT2D eigenvalue weighted by molar-refractivity contribution is 6.01. The lowest BCUT2D eigenvalue weighted by Gasteiger charge is -2.08. The Morgan fingerprint density at radius 3 is 2.07 bits per heavy atom. The Bertz CT molecular complexity index is 678. The van der Waals surface area contributed by atoms with E-state index in [1.165, 1.54) is 76.7 Å². The Labute approximate surface area is 182 Å². The molecule has 5 heteroatoms. The van der Waals surface area contributed by atoms with Crippen LogP contribution in [0.2, 0.25) is 0 Å². The summed E-state index contributed by atoms with van der Waals surface area (Å²) >= 11 is 0. The molecule has 0 spiro atoms. The van der Waals surface area contributed by atoms with Gasteiger partial charge < -0.3 is 14.4 Å². The SMILES string of the molecule is C=CCON=C(CCCCCCCCCCCCCCC)c1c(O)cc(C)oc1=O. The molecule has 1 heterocycles. The van der Waals surface area contributed by atoms with Crippen molar-refractivity contribution in [2.75, 3.05) is 6.61 Å². The van der Waals surface area contributed by atoms with Gasteiger partial charge in [-0.1, -0.05) is 102 Å². The van der Waals surface area contributed by atoms with Gasteiger partial charge in [-0.05, 0) is 19.8 Å². The fourth-order valence-electron chi connectivity index (χ4n) is 3.56. The Morgan fingerprint density at radius 1 is 1.03 bits per heavy atom. The summed E-state index contributed by atoms with van der Waals surface area (Å²) in [7, 11) is 0. The molecule has 1 rings (SSSR count). The van der Waals surface area contributed by atoms with Gasteiger partial charge >= 0.3 is 5.63 Å². The molecule has 0 saturated heterocycles. The second-order valence-electron chi connectivity index (χ2n) is 8.02. The lowest BCUT2D eigenvalue weighted by Crippen LogP contribution is -2.16. The summed E-state index contributed by atoms with van der Waals surface area (Å²) in [5.74, 6) is 0.257. The average Bonchev–Trinajstić information content (AvgIpc) is 2.70. The van der Waals surface area contributed by atoms with Gasteiger partial charge in [0.05, 0.1) is 5.71 Å². The van der Waals surface area contributed by atoms with Crippen LogP contribution in [-0.4, -0.2) is 17.4 Å². The Kier molecular flexibility index (Phi) is 14.5. The number of hydrogen-bond donors (Lipinski definition) is 1. The normalized spacial score (nSPS) is 11.6. The zero-order valence-electron chi connectivity index (χ0n) is 19.1. The van der Waals surface area contributed by atoms with Gasteiger partial charge in [0.2, 0.25) is 0 Å². The Morgan fingerprint density at radius 2 is 1.57 bits per heavy atom. The molecule has 0 bridgehead atoms. The Balaban J connectivity index is 2.30. The first-order chi connectivity index (χ1) is 14.6. The van der Waals surface area contributed by atoms with Crippen molar-refractivity contribution in [1.29, 1.82) is 0 Å². The van der Waals surface area contributed by atoms with Crippen LogP contribution in [-0.2, 0) is 4.84 Å². The predicted octanol–water partition coefficient (Wildman–Crippen LogP) is 7.04. The molecule has 0 radical (unpaired) electrons. The third-order valence-corrected chi connectivity index (χ3v) is 5.23. The van der Waals surface area contributed by atoms with Crippen molar-refractivity contribution in [3.05, 3.63) is 40.5 Å². The number of aromatic hydroxyl groups is 1. The quantitative estimate of drug-likeness (QED) is 0.120. The molecular weight excluding hydrogens is 378 g/mol. The maximum Gasteiger partial charge on any atom is 0.349 e. The fraction of sp³-hybridized carbons (Fsp3) is 0.680. The molecule has 170 valence electrons. The maximum atomic E-state index is 12.2. The zero-order valence-corrected chi connectivity index (χ0v) is 19.1. The second-order valence-corrected chi connectivity index (χ2v) is 8.02. The van der Waals surface area contributed by atoms with Crippen molar-refractivity contribution in [3.63, 3.8) is 0 Å². The third-order valence-electron chi connectivity index (χ3n) is 5.23. The lowest BCUT2D eigenvalue weighted by atomic mass is 10.0. The molecule has 0 amide bonds. The molecule has 0 fully saturated rings. The largest absolute Gasteiger partial charge is 0.507 e. The minimum Gasteiger partial charge on any atom is -0.507 e. The van der Waals surface area contributed by atoms with Crippen LogP contribution in [0, 0.1) is 6.92 Å². The van der Waals surface area contributed by atoms with E-state index in [4.69, 9.17) is 9.25 Å². The van der Waals surface area contributed by atoms with E-state index in [2.05, 4.69) is 18.7 Å². The van der Waals surface area contributed by atoms with Crippen molar-refractivity contribution in [1.82, 2.24) is 0 Å². The van der Waals surface area contributed by atoms with Gasteiger partial charge in [-0.25, -0.2) is 4.79 Å². The smallest absolute Gasteiger partial charge is 0.349 e. The van der Waals surface area contributed by atoms with Crippen molar-refractivity contribution in [2.45, 2.75) is 104 Å². The van der Waals surface area contributed by atoms with E-state index in [1.54, 1.807) is 13.0 Å². The number of unbranched alkanes of at least 4 members (excludes halogenated alkanes) is 12. The average molecular weight is 420 g/mol. The van der Waals surface area contributed by atoms with Crippen LogP contribution in [0.5, 0.6) is 5.75 Å². The van der Waals surface area contributed by atoms with E-state index in [-0.39, 0.29) is 17.9 Å². The molecule has 0 aliphatic rings. The summed E-state index contributed by atoms with van der Waals surface area (Å²) in [4.78, 5) is 17.4. The van der Waals surface area contributed by atoms with E-state index in [0.29, 0.717) is 17.9 Å². The molecule has 0 aliphatic carbocycles. The van der Waals surface area contributed by atoms with Crippen molar-refractivity contribution in [2.24, 2.45) is 5.16 Å². The van der Waals surface area contributed by atoms with Crippen LogP contribution in [0.1, 0.15) is 108 Å². The first kappa shape index (κ1) is 26.0. The highest BCUT2D eigenvalue weighted by Gasteiger charge is 2.17. The number of oxime groups is 1. The molecule has 0 saturated carbocycles. The minimum atomic E-state index is -0.580. The highest BCUT2D eigenvalue weighted by Crippen LogP contribution is 2.19. The molecule has 1 N–H and O–H groups in total. The molecule has 1 aromatic rings. The van der Waals surface area contributed by atoms with Crippen LogP contribution in [0.15, 0.2) is 33.1 Å². The fourth-order valence-corrected chi connectivity index (χ4v) is 3.56. The monoisotopic (exact) mass is 419 g/mol. The molecule has 5 nitrogen and oxygen atoms in total. The Hall–Kier alpha value is -2.04. The van der Waals surface area contributed by atoms with Gasteiger partial charge in [-0.2, -0.15) is 0 Å². The number of aryl methyl sites for hydroxylation is 1. The first-order valence-corrected chi connectivity index (χ1v) is 11.7. The maximum absolute atomic E-state index is 12.2. The summed E-state index contributed by atoms with van der Waals surface area (Å²) in [6.45, 7) is 7.73. The molecular formula is C25H41NO4. The van der Waals surface area contributed by atoms with Gasteiger partial charge in [-0.3, -0.25) is 0 Å².